The highest BCUT2D eigenvalue weighted by Crippen LogP contribution is 2.52. The number of halogens is 3. The van der Waals surface area contributed by atoms with Crippen LogP contribution in [-0.2, 0) is 24.6 Å². The van der Waals surface area contributed by atoms with Crippen molar-refractivity contribution >= 4 is 5.91 Å². The summed E-state index contributed by atoms with van der Waals surface area (Å²) in [6, 6.07) is 3.04. The standard InChI is InChI=1S/C24H32F3N3O13/c25-24(26,27)23(29-30-23)10-3-1-9(2-4-10)20(37)28-11(7-40-18-12(5-31)42-21(38)16(35)14(18)33)8-41-19-13(6-32)43-22(39)17(36)15(19)34/h1-4,11-19,21-22,31-36,38-39H,5-8H2,(H,28,37)/t12-,13-,14-,15-,16+,17+,18-,19-,21-,22-/m1/s1. The Balaban J connectivity index is 1.48. The molecule has 10 atom stereocenters. The van der Waals surface area contributed by atoms with Crippen molar-refractivity contribution in [2.45, 2.75) is 79.3 Å². The van der Waals surface area contributed by atoms with Crippen LogP contribution in [0.25, 0.3) is 0 Å². The first-order chi connectivity index (χ1) is 20.2. The van der Waals surface area contributed by atoms with Gasteiger partial charge in [0, 0.05) is 11.1 Å². The summed E-state index contributed by atoms with van der Waals surface area (Å²) in [7, 11) is 0. The third kappa shape index (κ3) is 6.97. The van der Waals surface area contributed by atoms with Gasteiger partial charge in [0.2, 0.25) is 0 Å². The van der Waals surface area contributed by atoms with Crippen LogP contribution < -0.4 is 5.32 Å². The lowest BCUT2D eigenvalue weighted by atomic mass is 9.99. The van der Waals surface area contributed by atoms with Gasteiger partial charge in [-0.05, 0) is 12.1 Å². The molecule has 4 rings (SSSR count). The Kier molecular flexibility index (Phi) is 10.4. The van der Waals surface area contributed by atoms with Crippen molar-refractivity contribution in [3.8, 4) is 0 Å². The number of aliphatic hydroxyl groups is 8. The molecule has 0 saturated carbocycles. The van der Waals surface area contributed by atoms with Gasteiger partial charge in [-0.3, -0.25) is 4.79 Å². The van der Waals surface area contributed by atoms with E-state index in [0.717, 1.165) is 24.3 Å². The van der Waals surface area contributed by atoms with Gasteiger partial charge in [-0.2, -0.15) is 13.2 Å². The van der Waals surface area contributed by atoms with Crippen molar-refractivity contribution in [2.24, 2.45) is 10.2 Å². The first kappa shape index (κ1) is 33.5. The molecule has 0 aliphatic carbocycles. The summed E-state index contributed by atoms with van der Waals surface area (Å²) in [4.78, 5) is 13.0. The second-order valence-corrected chi connectivity index (χ2v) is 10.2. The maximum atomic E-state index is 13.3. The van der Waals surface area contributed by atoms with E-state index in [-0.39, 0.29) is 11.1 Å². The Hall–Kier alpha value is -2.40. The van der Waals surface area contributed by atoms with Crippen LogP contribution in [0.15, 0.2) is 34.5 Å². The molecule has 3 aliphatic heterocycles. The lowest BCUT2D eigenvalue weighted by Crippen LogP contribution is -2.61. The topological polar surface area (TPSA) is 253 Å². The van der Waals surface area contributed by atoms with E-state index in [4.69, 9.17) is 18.9 Å². The van der Waals surface area contributed by atoms with E-state index in [1.807, 2.05) is 0 Å². The van der Waals surface area contributed by atoms with Crippen LogP contribution in [0.1, 0.15) is 15.9 Å². The van der Waals surface area contributed by atoms with Crippen LogP contribution >= 0.6 is 0 Å². The zero-order valence-corrected chi connectivity index (χ0v) is 22.1. The predicted molar refractivity (Wildman–Crippen MR) is 130 cm³/mol. The number of alkyl halides is 3. The van der Waals surface area contributed by atoms with Crippen LogP contribution in [-0.4, -0.2) is 147 Å². The second-order valence-electron chi connectivity index (χ2n) is 10.2. The second kappa shape index (κ2) is 13.3. The fraction of sp³-hybridized carbons (Fsp3) is 0.708. The number of nitrogens with zero attached hydrogens (tertiary/aromatic N) is 2. The van der Waals surface area contributed by atoms with Crippen LogP contribution in [0.4, 0.5) is 13.2 Å². The zero-order valence-electron chi connectivity index (χ0n) is 22.1. The molecule has 242 valence electrons. The molecule has 0 radical (unpaired) electrons. The molecule has 1 aromatic rings. The number of carbonyl (C=O) groups is 1. The lowest BCUT2D eigenvalue weighted by Gasteiger charge is -2.41. The summed E-state index contributed by atoms with van der Waals surface area (Å²) < 4.78 is 61.2. The van der Waals surface area contributed by atoms with Crippen molar-refractivity contribution in [1.29, 1.82) is 0 Å². The van der Waals surface area contributed by atoms with Gasteiger partial charge in [-0.25, -0.2) is 0 Å². The number of carbonyl (C=O) groups excluding carboxylic acids is 1. The van der Waals surface area contributed by atoms with E-state index >= 15 is 0 Å². The molecule has 3 heterocycles. The SMILES string of the molecule is O=C(NC(CO[C@H]1[C@H](O)[C@H](O)[C@H](O)O[C@@H]1CO)CO[C@H]1[C@H](O)[C@H](O)[C@H](O)O[C@@H]1CO)c1ccc(C2(C(F)(F)F)N=N2)cc1. The Morgan fingerprint density at radius 3 is 1.65 bits per heavy atom. The highest BCUT2D eigenvalue weighted by Gasteiger charge is 2.65. The molecule has 0 unspecified atom stereocenters. The van der Waals surface area contributed by atoms with Gasteiger partial charge in [0.1, 0.15) is 48.8 Å². The van der Waals surface area contributed by atoms with E-state index in [1.54, 1.807) is 0 Å². The molecule has 43 heavy (non-hydrogen) atoms. The average molecular weight is 628 g/mol. The first-order valence-electron chi connectivity index (χ1n) is 13.0. The highest BCUT2D eigenvalue weighted by atomic mass is 19.4. The highest BCUT2D eigenvalue weighted by molar-refractivity contribution is 5.94. The Bertz CT molecular complexity index is 1080. The van der Waals surface area contributed by atoms with Crippen LogP contribution in [0.5, 0.6) is 0 Å². The molecule has 2 saturated heterocycles. The monoisotopic (exact) mass is 627 g/mol. The minimum Gasteiger partial charge on any atom is -0.394 e. The number of aliphatic hydroxyl groups excluding tert-OH is 8. The maximum Gasteiger partial charge on any atom is 0.442 e. The van der Waals surface area contributed by atoms with Crippen molar-refractivity contribution in [1.82, 2.24) is 5.32 Å². The van der Waals surface area contributed by atoms with Gasteiger partial charge in [0.15, 0.2) is 12.6 Å². The van der Waals surface area contributed by atoms with Crippen LogP contribution in [0.2, 0.25) is 0 Å². The third-order valence-corrected chi connectivity index (χ3v) is 7.24. The Morgan fingerprint density at radius 1 is 0.837 bits per heavy atom. The van der Waals surface area contributed by atoms with Crippen molar-refractivity contribution < 1.29 is 77.8 Å². The molecular weight excluding hydrogens is 595 g/mol. The minimum absolute atomic E-state index is 0.104. The van der Waals surface area contributed by atoms with E-state index in [1.165, 1.54) is 0 Å². The quantitative estimate of drug-likeness (QED) is 0.116. The van der Waals surface area contributed by atoms with Crippen LogP contribution in [0, 0.1) is 0 Å². The fourth-order valence-corrected chi connectivity index (χ4v) is 4.70. The molecule has 0 bridgehead atoms. The van der Waals surface area contributed by atoms with Gasteiger partial charge in [0.05, 0.1) is 32.5 Å². The fourth-order valence-electron chi connectivity index (χ4n) is 4.70. The zero-order chi connectivity index (χ0) is 31.7. The normalized spacial score (nSPS) is 35.6. The van der Waals surface area contributed by atoms with Crippen molar-refractivity contribution in [3.63, 3.8) is 0 Å². The largest absolute Gasteiger partial charge is 0.442 e. The molecule has 1 aromatic carbocycles. The van der Waals surface area contributed by atoms with E-state index in [2.05, 4.69) is 15.5 Å². The minimum atomic E-state index is -4.77. The number of ether oxygens (including phenoxy) is 4. The average Bonchev–Trinajstić information content (AvgIpc) is 3.80. The molecule has 19 heteroatoms. The summed E-state index contributed by atoms with van der Waals surface area (Å²) in [5.41, 5.74) is -3.11. The summed E-state index contributed by atoms with van der Waals surface area (Å²) in [5.74, 6) is -0.835. The molecule has 0 aromatic heterocycles. The molecule has 0 spiro atoms. The summed E-state index contributed by atoms with van der Waals surface area (Å²) >= 11 is 0. The number of rotatable bonds is 11. The number of hydrogen-bond donors (Lipinski definition) is 9. The number of benzene rings is 1. The Morgan fingerprint density at radius 2 is 1.28 bits per heavy atom. The predicted octanol–water partition coefficient (Wildman–Crippen LogP) is -3.40. The molecule has 3 aliphatic rings. The van der Waals surface area contributed by atoms with Crippen molar-refractivity contribution in [3.05, 3.63) is 35.4 Å². The van der Waals surface area contributed by atoms with Gasteiger partial charge in [0.25, 0.3) is 5.91 Å². The van der Waals surface area contributed by atoms with E-state index in [9.17, 15) is 58.8 Å². The molecule has 9 N–H and O–H groups in total. The van der Waals surface area contributed by atoms with Crippen LogP contribution in [0.3, 0.4) is 0 Å². The van der Waals surface area contributed by atoms with Gasteiger partial charge < -0.3 is 65.1 Å². The number of nitrogens with one attached hydrogen (secondary N) is 1. The third-order valence-electron chi connectivity index (χ3n) is 7.24. The summed E-state index contributed by atoms with van der Waals surface area (Å²) in [5, 5.41) is 87.9. The molecular formula is C24H32F3N3O13. The number of hydrogen-bond acceptors (Lipinski definition) is 15. The smallest absolute Gasteiger partial charge is 0.394 e. The number of amides is 1. The molecule has 16 nitrogen and oxygen atoms in total. The maximum absolute atomic E-state index is 13.3. The van der Waals surface area contributed by atoms with E-state index < -0.39 is 112 Å². The van der Waals surface area contributed by atoms with Crippen molar-refractivity contribution in [2.75, 3.05) is 26.4 Å². The van der Waals surface area contributed by atoms with Gasteiger partial charge >= 0.3 is 11.8 Å². The van der Waals surface area contributed by atoms with Gasteiger partial charge in [-0.15, -0.1) is 10.2 Å². The summed E-state index contributed by atoms with van der Waals surface area (Å²) in [6.45, 7) is -2.54. The summed E-state index contributed by atoms with van der Waals surface area (Å²) in [6.07, 6.45) is -21.0. The van der Waals surface area contributed by atoms with Gasteiger partial charge in [-0.1, -0.05) is 12.1 Å². The lowest BCUT2D eigenvalue weighted by molar-refractivity contribution is -0.299. The molecule has 2 fully saturated rings. The molecule has 1 amide bonds. The first-order valence-corrected chi connectivity index (χ1v) is 13.0. The Labute approximate surface area is 240 Å². The van der Waals surface area contributed by atoms with E-state index in [0.29, 0.717) is 0 Å².